The van der Waals surface area contributed by atoms with Crippen LogP contribution in [0.3, 0.4) is 0 Å². The van der Waals surface area contributed by atoms with Gasteiger partial charge in [0.2, 0.25) is 0 Å². The lowest BCUT2D eigenvalue weighted by Gasteiger charge is -2.34. The average molecular weight is 313 g/mol. The zero-order valence-electron chi connectivity index (χ0n) is 11.7. The molecule has 102 valence electrons. The number of nitrogens with two attached hydrogens (primary N) is 1. The smallest absolute Gasteiger partial charge is 0.0496 e. The van der Waals surface area contributed by atoms with Crippen molar-refractivity contribution in [2.24, 2.45) is 5.73 Å². The predicted octanol–water partition coefficient (Wildman–Crippen LogP) is 3.96. The summed E-state index contributed by atoms with van der Waals surface area (Å²) < 4.78 is 1.12. The number of rotatable bonds is 7. The Hall–Kier alpha value is -0.380. The van der Waals surface area contributed by atoms with Crippen LogP contribution < -0.4 is 5.73 Å². The molecule has 1 rings (SSSR count). The van der Waals surface area contributed by atoms with Crippen LogP contribution in [0.2, 0.25) is 0 Å². The van der Waals surface area contributed by atoms with Crippen molar-refractivity contribution in [2.45, 2.75) is 45.7 Å². The number of halogens is 1. The maximum Gasteiger partial charge on any atom is 0.0496 e. The van der Waals surface area contributed by atoms with Crippen molar-refractivity contribution in [2.75, 3.05) is 13.1 Å². The van der Waals surface area contributed by atoms with Gasteiger partial charge in [-0.3, -0.25) is 4.90 Å². The second kappa shape index (κ2) is 7.93. The third-order valence-electron chi connectivity index (χ3n) is 3.29. The van der Waals surface area contributed by atoms with Crippen molar-refractivity contribution in [3.63, 3.8) is 0 Å². The second-order valence-corrected chi connectivity index (χ2v) is 5.76. The molecule has 2 unspecified atom stereocenters. The molecule has 0 saturated heterocycles. The Kier molecular flexibility index (Phi) is 6.90. The van der Waals surface area contributed by atoms with E-state index in [1.807, 2.05) is 0 Å². The molecule has 0 fully saturated rings. The molecule has 0 spiro atoms. The molecule has 0 aliphatic heterocycles. The summed E-state index contributed by atoms with van der Waals surface area (Å²) in [5.41, 5.74) is 7.51. The summed E-state index contributed by atoms with van der Waals surface area (Å²) in [5.74, 6) is 0. The zero-order chi connectivity index (χ0) is 13.5. The van der Waals surface area contributed by atoms with Gasteiger partial charge in [-0.2, -0.15) is 0 Å². The molecule has 0 saturated carbocycles. The third kappa shape index (κ3) is 4.38. The number of hydrogen-bond donors (Lipinski definition) is 1. The molecular weight excluding hydrogens is 288 g/mol. The molecule has 1 aromatic rings. The lowest BCUT2D eigenvalue weighted by molar-refractivity contribution is 0.183. The number of hydrogen-bond acceptors (Lipinski definition) is 2. The van der Waals surface area contributed by atoms with Gasteiger partial charge in [-0.15, -0.1) is 0 Å². The lowest BCUT2D eigenvalue weighted by Crippen LogP contribution is -2.40. The first-order chi connectivity index (χ1) is 8.60. The van der Waals surface area contributed by atoms with Gasteiger partial charge in [-0.05, 0) is 44.1 Å². The fraction of sp³-hybridized carbons (Fsp3) is 0.600. The van der Waals surface area contributed by atoms with Gasteiger partial charge in [0.15, 0.2) is 0 Å². The van der Waals surface area contributed by atoms with Gasteiger partial charge in [-0.1, -0.05) is 48.3 Å². The standard InChI is InChI=1S/C15H25BrN2/c1-4-6-10-18(5-2)15(12(3)17)13-8-7-9-14(16)11-13/h7-9,11-12,15H,4-6,10,17H2,1-3H3. The topological polar surface area (TPSA) is 29.3 Å². The van der Waals surface area contributed by atoms with E-state index in [1.54, 1.807) is 0 Å². The SMILES string of the molecule is CCCCN(CC)C(c1cccc(Br)c1)C(C)N. The second-order valence-electron chi connectivity index (χ2n) is 4.84. The molecule has 2 atom stereocenters. The summed E-state index contributed by atoms with van der Waals surface area (Å²) in [6, 6.07) is 8.94. The van der Waals surface area contributed by atoms with Crippen LogP contribution in [0.25, 0.3) is 0 Å². The van der Waals surface area contributed by atoms with E-state index in [1.165, 1.54) is 18.4 Å². The van der Waals surface area contributed by atoms with E-state index in [9.17, 15) is 0 Å². The molecule has 0 bridgehead atoms. The maximum atomic E-state index is 6.21. The summed E-state index contributed by atoms with van der Waals surface area (Å²) in [6.45, 7) is 8.70. The number of likely N-dealkylation sites (N-methyl/N-ethyl adjacent to an activating group) is 1. The Morgan fingerprint density at radius 2 is 2.06 bits per heavy atom. The Balaban J connectivity index is 2.93. The van der Waals surface area contributed by atoms with Crippen molar-refractivity contribution < 1.29 is 0 Å². The summed E-state index contributed by atoms with van der Waals surface area (Å²) in [5, 5.41) is 0. The fourth-order valence-electron chi connectivity index (χ4n) is 2.39. The minimum atomic E-state index is 0.135. The van der Waals surface area contributed by atoms with Crippen LogP contribution in [0.1, 0.15) is 45.2 Å². The number of benzene rings is 1. The molecular formula is C15H25BrN2. The Labute approximate surface area is 120 Å². The zero-order valence-corrected chi connectivity index (χ0v) is 13.3. The molecule has 18 heavy (non-hydrogen) atoms. The average Bonchev–Trinajstić information content (AvgIpc) is 2.33. The van der Waals surface area contributed by atoms with Gasteiger partial charge >= 0.3 is 0 Å². The van der Waals surface area contributed by atoms with Crippen molar-refractivity contribution in [3.8, 4) is 0 Å². The normalized spacial score (nSPS) is 14.8. The molecule has 0 aromatic heterocycles. The molecule has 0 radical (unpaired) electrons. The Morgan fingerprint density at radius 3 is 2.56 bits per heavy atom. The first kappa shape index (κ1) is 15.7. The monoisotopic (exact) mass is 312 g/mol. The van der Waals surface area contributed by atoms with Crippen molar-refractivity contribution in [3.05, 3.63) is 34.3 Å². The molecule has 2 N–H and O–H groups in total. The summed E-state index contributed by atoms with van der Waals surface area (Å²) in [4.78, 5) is 2.48. The van der Waals surface area contributed by atoms with Gasteiger partial charge in [0.05, 0.1) is 0 Å². The van der Waals surface area contributed by atoms with E-state index in [0.29, 0.717) is 6.04 Å². The highest BCUT2D eigenvalue weighted by atomic mass is 79.9. The van der Waals surface area contributed by atoms with Gasteiger partial charge in [0.25, 0.3) is 0 Å². The van der Waals surface area contributed by atoms with Gasteiger partial charge in [0.1, 0.15) is 0 Å². The molecule has 0 aliphatic carbocycles. The van der Waals surface area contributed by atoms with E-state index in [4.69, 9.17) is 5.73 Å². The predicted molar refractivity (Wildman–Crippen MR) is 82.7 cm³/mol. The van der Waals surface area contributed by atoms with Gasteiger partial charge < -0.3 is 5.73 Å². The van der Waals surface area contributed by atoms with Crippen LogP contribution in [0.15, 0.2) is 28.7 Å². The Morgan fingerprint density at radius 1 is 1.33 bits per heavy atom. The fourth-order valence-corrected chi connectivity index (χ4v) is 2.81. The van der Waals surface area contributed by atoms with Gasteiger partial charge in [-0.25, -0.2) is 0 Å². The van der Waals surface area contributed by atoms with E-state index >= 15 is 0 Å². The first-order valence-corrected chi connectivity index (χ1v) is 7.64. The molecule has 0 heterocycles. The van der Waals surface area contributed by atoms with Crippen LogP contribution in [0.4, 0.5) is 0 Å². The number of unbranched alkanes of at least 4 members (excludes halogenated alkanes) is 1. The van der Waals surface area contributed by atoms with E-state index < -0.39 is 0 Å². The van der Waals surface area contributed by atoms with Gasteiger partial charge in [0, 0.05) is 16.6 Å². The summed E-state index contributed by atoms with van der Waals surface area (Å²) in [6.07, 6.45) is 2.45. The van der Waals surface area contributed by atoms with Crippen LogP contribution in [0.5, 0.6) is 0 Å². The van der Waals surface area contributed by atoms with Crippen LogP contribution in [0, 0.1) is 0 Å². The molecule has 0 aliphatic rings. The quantitative estimate of drug-likeness (QED) is 0.825. The highest BCUT2D eigenvalue weighted by molar-refractivity contribution is 9.10. The Bertz CT molecular complexity index is 352. The van der Waals surface area contributed by atoms with Crippen molar-refractivity contribution >= 4 is 15.9 Å². The van der Waals surface area contributed by atoms with E-state index in [-0.39, 0.29) is 6.04 Å². The van der Waals surface area contributed by atoms with Crippen LogP contribution >= 0.6 is 15.9 Å². The third-order valence-corrected chi connectivity index (χ3v) is 3.78. The largest absolute Gasteiger partial charge is 0.326 e. The lowest BCUT2D eigenvalue weighted by atomic mass is 9.99. The van der Waals surface area contributed by atoms with E-state index in [2.05, 4.69) is 65.9 Å². The summed E-state index contributed by atoms with van der Waals surface area (Å²) >= 11 is 3.54. The highest BCUT2D eigenvalue weighted by Crippen LogP contribution is 2.26. The minimum Gasteiger partial charge on any atom is -0.326 e. The minimum absolute atomic E-state index is 0.135. The highest BCUT2D eigenvalue weighted by Gasteiger charge is 2.22. The van der Waals surface area contributed by atoms with E-state index in [0.717, 1.165) is 17.6 Å². The van der Waals surface area contributed by atoms with Crippen LogP contribution in [-0.2, 0) is 0 Å². The number of nitrogens with zero attached hydrogens (tertiary/aromatic N) is 1. The molecule has 0 amide bonds. The van der Waals surface area contributed by atoms with Crippen LogP contribution in [-0.4, -0.2) is 24.0 Å². The molecule has 1 aromatic carbocycles. The van der Waals surface area contributed by atoms with Crippen molar-refractivity contribution in [1.82, 2.24) is 4.90 Å². The summed E-state index contributed by atoms with van der Waals surface area (Å²) in [7, 11) is 0. The molecule has 3 heteroatoms. The van der Waals surface area contributed by atoms with Crippen molar-refractivity contribution in [1.29, 1.82) is 0 Å². The maximum absolute atomic E-state index is 6.21. The molecule has 2 nitrogen and oxygen atoms in total. The first-order valence-electron chi connectivity index (χ1n) is 6.85.